The van der Waals surface area contributed by atoms with Crippen LogP contribution in [0.1, 0.15) is 5.89 Å². The van der Waals surface area contributed by atoms with Crippen molar-refractivity contribution in [1.29, 1.82) is 0 Å². The highest BCUT2D eigenvalue weighted by Gasteiger charge is 2.22. The van der Waals surface area contributed by atoms with E-state index >= 15 is 0 Å². The van der Waals surface area contributed by atoms with Gasteiger partial charge in [-0.3, -0.25) is 0 Å². The molecule has 8 heteroatoms. The number of anilines is 2. The van der Waals surface area contributed by atoms with E-state index in [0.29, 0.717) is 24.2 Å². The Morgan fingerprint density at radius 3 is 2.45 bits per heavy atom. The lowest BCUT2D eigenvalue weighted by molar-refractivity contribution is 0.478. The lowest BCUT2D eigenvalue weighted by Crippen LogP contribution is -2.47. The highest BCUT2D eigenvalue weighted by atomic mass is 35.5. The molecular formula is C12H15ClN6O. The van der Waals surface area contributed by atoms with E-state index in [2.05, 4.69) is 30.0 Å². The Kier molecular flexibility index (Phi) is 3.96. The third kappa shape index (κ3) is 2.82. The molecule has 0 spiro atoms. The van der Waals surface area contributed by atoms with Crippen LogP contribution in [0.15, 0.2) is 22.9 Å². The van der Waals surface area contributed by atoms with Crippen LogP contribution in [0, 0.1) is 0 Å². The number of hydrogen-bond acceptors (Lipinski definition) is 7. The molecule has 1 fully saturated rings. The van der Waals surface area contributed by atoms with Crippen molar-refractivity contribution in [2.75, 3.05) is 41.9 Å². The van der Waals surface area contributed by atoms with E-state index in [1.54, 1.807) is 12.4 Å². The summed E-state index contributed by atoms with van der Waals surface area (Å²) < 4.78 is 5.57. The molecule has 0 radical (unpaired) electrons. The fourth-order valence-electron chi connectivity index (χ4n) is 2.11. The summed E-state index contributed by atoms with van der Waals surface area (Å²) in [6.45, 7) is 3.27. The van der Waals surface area contributed by atoms with Gasteiger partial charge in [-0.25, -0.2) is 9.97 Å². The largest absolute Gasteiger partial charge is 0.408 e. The number of hydrogen-bond donors (Lipinski definition) is 0. The molecule has 1 saturated heterocycles. The summed E-state index contributed by atoms with van der Waals surface area (Å²) >= 11 is 5.66. The van der Waals surface area contributed by atoms with Crippen LogP contribution in [-0.2, 0) is 6.42 Å². The van der Waals surface area contributed by atoms with Crippen LogP contribution in [0.25, 0.3) is 0 Å². The average Bonchev–Trinajstić information content (AvgIpc) is 2.97. The first kappa shape index (κ1) is 13.1. The van der Waals surface area contributed by atoms with Crippen LogP contribution in [0.4, 0.5) is 12.0 Å². The van der Waals surface area contributed by atoms with Gasteiger partial charge in [0.1, 0.15) is 0 Å². The summed E-state index contributed by atoms with van der Waals surface area (Å²) in [5, 5.41) is 8.03. The van der Waals surface area contributed by atoms with Crippen molar-refractivity contribution >= 4 is 23.6 Å². The summed E-state index contributed by atoms with van der Waals surface area (Å²) in [6, 6.07) is 2.38. The summed E-state index contributed by atoms with van der Waals surface area (Å²) in [5.41, 5.74) is 0. The van der Waals surface area contributed by atoms with Crippen LogP contribution in [0.5, 0.6) is 0 Å². The number of aryl methyl sites for hydroxylation is 1. The van der Waals surface area contributed by atoms with E-state index < -0.39 is 0 Å². The molecule has 0 amide bonds. The molecule has 2 aromatic rings. The zero-order valence-electron chi connectivity index (χ0n) is 10.9. The molecule has 0 N–H and O–H groups in total. The highest BCUT2D eigenvalue weighted by Crippen LogP contribution is 2.17. The van der Waals surface area contributed by atoms with Gasteiger partial charge in [0.15, 0.2) is 0 Å². The molecule has 0 aromatic carbocycles. The van der Waals surface area contributed by atoms with Gasteiger partial charge < -0.3 is 14.2 Å². The molecule has 0 saturated carbocycles. The predicted molar refractivity (Wildman–Crippen MR) is 75.2 cm³/mol. The minimum Gasteiger partial charge on any atom is -0.408 e. The van der Waals surface area contributed by atoms with Crippen LogP contribution >= 0.6 is 11.6 Å². The molecule has 0 bridgehead atoms. The van der Waals surface area contributed by atoms with Crippen molar-refractivity contribution < 1.29 is 4.42 Å². The SMILES string of the molecule is ClCCc1nnc(N2CCN(c3ncccn3)CC2)o1. The predicted octanol–water partition coefficient (Wildman–Crippen LogP) is 0.968. The summed E-state index contributed by atoms with van der Waals surface area (Å²) in [5.74, 6) is 1.84. The lowest BCUT2D eigenvalue weighted by atomic mass is 10.3. The Bertz CT molecular complexity index is 540. The van der Waals surface area contributed by atoms with E-state index in [0.717, 1.165) is 32.1 Å². The van der Waals surface area contributed by atoms with Gasteiger partial charge in [-0.1, -0.05) is 5.10 Å². The van der Waals surface area contributed by atoms with E-state index in [1.165, 1.54) is 0 Å². The fourth-order valence-corrected chi connectivity index (χ4v) is 2.27. The first-order chi connectivity index (χ1) is 9.86. The van der Waals surface area contributed by atoms with Gasteiger partial charge in [0.25, 0.3) is 0 Å². The molecule has 0 unspecified atom stereocenters. The molecule has 0 aliphatic carbocycles. The molecule has 7 nitrogen and oxygen atoms in total. The Morgan fingerprint density at radius 2 is 1.75 bits per heavy atom. The van der Waals surface area contributed by atoms with Gasteiger partial charge in [0.05, 0.1) is 0 Å². The maximum atomic E-state index is 5.66. The number of aromatic nitrogens is 4. The topological polar surface area (TPSA) is 71.2 Å². The van der Waals surface area contributed by atoms with Gasteiger partial charge in [-0.2, -0.15) is 0 Å². The minimum absolute atomic E-state index is 0.487. The zero-order chi connectivity index (χ0) is 13.8. The molecule has 2 aromatic heterocycles. The van der Waals surface area contributed by atoms with E-state index in [-0.39, 0.29) is 0 Å². The maximum Gasteiger partial charge on any atom is 0.318 e. The van der Waals surface area contributed by atoms with Gasteiger partial charge in [0, 0.05) is 50.9 Å². The normalized spacial score (nSPS) is 15.7. The van der Waals surface area contributed by atoms with Crippen LogP contribution < -0.4 is 9.80 Å². The monoisotopic (exact) mass is 294 g/mol. The third-order valence-corrected chi connectivity index (χ3v) is 3.34. The first-order valence-corrected chi connectivity index (χ1v) is 7.05. The molecule has 0 atom stereocenters. The highest BCUT2D eigenvalue weighted by molar-refractivity contribution is 6.17. The number of halogens is 1. The number of nitrogens with zero attached hydrogens (tertiary/aromatic N) is 6. The summed E-state index contributed by atoms with van der Waals surface area (Å²) in [7, 11) is 0. The van der Waals surface area contributed by atoms with Crippen molar-refractivity contribution in [2.24, 2.45) is 0 Å². The number of alkyl halides is 1. The summed E-state index contributed by atoms with van der Waals surface area (Å²) in [6.07, 6.45) is 4.11. The standard InChI is InChI=1S/C12H15ClN6O/c13-3-2-10-16-17-12(20-10)19-8-6-18(7-9-19)11-14-4-1-5-15-11/h1,4-5H,2-3,6-9H2. The van der Waals surface area contributed by atoms with E-state index in [1.807, 2.05) is 6.07 Å². The molecule has 1 aliphatic rings. The number of piperazine rings is 1. The average molecular weight is 295 g/mol. The molecule has 1 aliphatic heterocycles. The Morgan fingerprint density at radius 1 is 1.05 bits per heavy atom. The number of rotatable bonds is 4. The first-order valence-electron chi connectivity index (χ1n) is 6.52. The van der Waals surface area contributed by atoms with Crippen LogP contribution in [0.2, 0.25) is 0 Å². The van der Waals surface area contributed by atoms with E-state index in [9.17, 15) is 0 Å². The smallest absolute Gasteiger partial charge is 0.318 e. The van der Waals surface area contributed by atoms with Gasteiger partial charge in [0.2, 0.25) is 11.8 Å². The molecular weight excluding hydrogens is 280 g/mol. The van der Waals surface area contributed by atoms with Crippen molar-refractivity contribution in [3.63, 3.8) is 0 Å². The quantitative estimate of drug-likeness (QED) is 0.778. The van der Waals surface area contributed by atoms with Crippen LogP contribution in [-0.4, -0.2) is 52.2 Å². The van der Waals surface area contributed by atoms with Gasteiger partial charge >= 0.3 is 6.01 Å². The van der Waals surface area contributed by atoms with Crippen molar-refractivity contribution in [3.8, 4) is 0 Å². The Hall–Kier alpha value is -1.89. The fraction of sp³-hybridized carbons (Fsp3) is 0.500. The van der Waals surface area contributed by atoms with Crippen molar-refractivity contribution in [3.05, 3.63) is 24.4 Å². The Labute approximate surface area is 121 Å². The van der Waals surface area contributed by atoms with Crippen LogP contribution in [0.3, 0.4) is 0 Å². The van der Waals surface area contributed by atoms with Gasteiger partial charge in [-0.05, 0) is 6.07 Å². The molecule has 3 rings (SSSR count). The molecule has 20 heavy (non-hydrogen) atoms. The minimum atomic E-state index is 0.487. The van der Waals surface area contributed by atoms with E-state index in [4.69, 9.17) is 16.0 Å². The maximum absolute atomic E-state index is 5.66. The van der Waals surface area contributed by atoms with Crippen molar-refractivity contribution in [1.82, 2.24) is 20.2 Å². The lowest BCUT2D eigenvalue weighted by Gasteiger charge is -2.33. The second-order valence-electron chi connectivity index (χ2n) is 4.44. The second-order valence-corrected chi connectivity index (χ2v) is 4.82. The Balaban J connectivity index is 1.60. The second kappa shape index (κ2) is 6.04. The third-order valence-electron chi connectivity index (χ3n) is 3.15. The van der Waals surface area contributed by atoms with Gasteiger partial charge in [-0.15, -0.1) is 16.7 Å². The van der Waals surface area contributed by atoms with Crippen molar-refractivity contribution in [2.45, 2.75) is 6.42 Å². The molecule has 106 valence electrons. The zero-order valence-corrected chi connectivity index (χ0v) is 11.7. The summed E-state index contributed by atoms with van der Waals surface area (Å²) in [4.78, 5) is 12.7. The molecule has 3 heterocycles.